The third kappa shape index (κ3) is 3.54. The fraction of sp³-hybridized carbons (Fsp3) is 0.429. The number of hydrogen-bond donors (Lipinski definition) is 3. The number of nitrogens with two attached hydrogens (primary N) is 1. The normalized spacial score (nSPS) is 22.8. The van der Waals surface area contributed by atoms with Gasteiger partial charge in [0.05, 0.1) is 0 Å². The van der Waals surface area contributed by atoms with Gasteiger partial charge in [0.25, 0.3) is 5.91 Å². The van der Waals surface area contributed by atoms with Crippen molar-refractivity contribution in [3.05, 3.63) is 35.4 Å². The molecule has 1 aromatic rings. The molecule has 0 aromatic heterocycles. The molecule has 1 saturated heterocycles. The zero-order chi connectivity index (χ0) is 13.8. The van der Waals surface area contributed by atoms with E-state index in [2.05, 4.69) is 17.6 Å². The van der Waals surface area contributed by atoms with Crippen molar-refractivity contribution in [1.29, 1.82) is 0 Å². The van der Waals surface area contributed by atoms with Crippen LogP contribution in [0, 0.1) is 0 Å². The first-order valence-corrected chi connectivity index (χ1v) is 6.50. The molecule has 1 aliphatic heterocycles. The zero-order valence-electron chi connectivity index (χ0n) is 11.0. The predicted molar refractivity (Wildman–Crippen MR) is 72.9 cm³/mol. The summed E-state index contributed by atoms with van der Waals surface area (Å²) in [5, 5.41) is 6.34. The first-order chi connectivity index (χ1) is 9.06. The summed E-state index contributed by atoms with van der Waals surface area (Å²) in [6, 6.07) is 7.08. The molecule has 0 aliphatic carbocycles. The number of rotatable bonds is 3. The van der Waals surface area contributed by atoms with Gasteiger partial charge in [-0.1, -0.05) is 6.07 Å². The Morgan fingerprint density at radius 1 is 1.37 bits per heavy atom. The van der Waals surface area contributed by atoms with Crippen LogP contribution in [-0.2, 0) is 0 Å². The second-order valence-electron chi connectivity index (χ2n) is 4.99. The van der Waals surface area contributed by atoms with Crippen molar-refractivity contribution in [2.75, 3.05) is 6.54 Å². The maximum absolute atomic E-state index is 12.1. The monoisotopic (exact) mass is 261 g/mol. The summed E-state index contributed by atoms with van der Waals surface area (Å²) < 4.78 is 0. The van der Waals surface area contributed by atoms with Crippen molar-refractivity contribution in [2.45, 2.75) is 31.8 Å². The van der Waals surface area contributed by atoms with Gasteiger partial charge in [0.1, 0.15) is 0 Å². The van der Waals surface area contributed by atoms with E-state index in [-0.39, 0.29) is 11.9 Å². The molecule has 102 valence electrons. The van der Waals surface area contributed by atoms with E-state index in [1.54, 1.807) is 18.2 Å². The second-order valence-corrected chi connectivity index (χ2v) is 4.99. The Morgan fingerprint density at radius 3 is 2.79 bits per heavy atom. The van der Waals surface area contributed by atoms with Crippen molar-refractivity contribution >= 4 is 11.8 Å². The van der Waals surface area contributed by atoms with Crippen LogP contribution in [0.2, 0.25) is 0 Å². The quantitative estimate of drug-likeness (QED) is 0.747. The smallest absolute Gasteiger partial charge is 0.251 e. The molecule has 5 heteroatoms. The summed E-state index contributed by atoms with van der Waals surface area (Å²) >= 11 is 0. The van der Waals surface area contributed by atoms with Crippen molar-refractivity contribution in [3.8, 4) is 0 Å². The lowest BCUT2D eigenvalue weighted by atomic mass is 10.00. The van der Waals surface area contributed by atoms with E-state index in [9.17, 15) is 9.59 Å². The lowest BCUT2D eigenvalue weighted by Crippen LogP contribution is -2.46. The maximum atomic E-state index is 12.1. The van der Waals surface area contributed by atoms with Crippen molar-refractivity contribution in [2.24, 2.45) is 5.73 Å². The van der Waals surface area contributed by atoms with Gasteiger partial charge < -0.3 is 16.4 Å². The molecule has 2 atom stereocenters. The number of benzene rings is 1. The minimum absolute atomic E-state index is 0.151. The molecule has 1 aromatic carbocycles. The molecule has 1 aliphatic rings. The van der Waals surface area contributed by atoms with Gasteiger partial charge in [-0.15, -0.1) is 0 Å². The van der Waals surface area contributed by atoms with Crippen LogP contribution in [0.5, 0.6) is 0 Å². The highest BCUT2D eigenvalue weighted by Gasteiger charge is 2.20. The molecular formula is C14H19N3O2. The first-order valence-electron chi connectivity index (χ1n) is 6.50. The number of hydrogen-bond acceptors (Lipinski definition) is 3. The van der Waals surface area contributed by atoms with Gasteiger partial charge in [0.2, 0.25) is 5.91 Å². The topological polar surface area (TPSA) is 84.2 Å². The van der Waals surface area contributed by atoms with Gasteiger partial charge >= 0.3 is 0 Å². The number of nitrogens with one attached hydrogen (secondary N) is 2. The van der Waals surface area contributed by atoms with Crippen LogP contribution in [0.25, 0.3) is 0 Å². The largest absolute Gasteiger partial charge is 0.366 e. The fourth-order valence-corrected chi connectivity index (χ4v) is 2.35. The number of carbonyl (C=O) groups excluding carboxylic acids is 2. The van der Waals surface area contributed by atoms with E-state index in [1.165, 1.54) is 6.07 Å². The SMILES string of the molecule is CC1CC(NC(=O)c2cccc(C(N)=O)c2)CCN1. The Labute approximate surface area is 112 Å². The average Bonchev–Trinajstić information content (AvgIpc) is 2.39. The van der Waals surface area contributed by atoms with Gasteiger partial charge in [0, 0.05) is 23.2 Å². The highest BCUT2D eigenvalue weighted by atomic mass is 16.2. The molecular weight excluding hydrogens is 242 g/mol. The van der Waals surface area contributed by atoms with Gasteiger partial charge in [-0.05, 0) is 44.5 Å². The molecule has 0 bridgehead atoms. The molecule has 4 N–H and O–H groups in total. The van der Waals surface area contributed by atoms with Gasteiger partial charge in [-0.25, -0.2) is 0 Å². The molecule has 19 heavy (non-hydrogen) atoms. The number of amides is 2. The minimum atomic E-state index is -0.523. The van der Waals surface area contributed by atoms with Crippen LogP contribution in [0.15, 0.2) is 24.3 Å². The Balaban J connectivity index is 2.03. The van der Waals surface area contributed by atoms with Crippen LogP contribution in [0.1, 0.15) is 40.5 Å². The summed E-state index contributed by atoms with van der Waals surface area (Å²) in [6.45, 7) is 3.01. The van der Waals surface area contributed by atoms with E-state index in [0.717, 1.165) is 19.4 Å². The predicted octanol–water partition coefficient (Wildman–Crippen LogP) is 0.656. The molecule has 5 nitrogen and oxygen atoms in total. The number of carbonyl (C=O) groups is 2. The molecule has 2 rings (SSSR count). The zero-order valence-corrected chi connectivity index (χ0v) is 11.0. The Bertz CT molecular complexity index is 487. The molecule has 1 heterocycles. The van der Waals surface area contributed by atoms with Crippen LogP contribution in [0.4, 0.5) is 0 Å². The molecule has 2 unspecified atom stereocenters. The molecule has 0 radical (unpaired) electrons. The molecule has 1 fully saturated rings. The van der Waals surface area contributed by atoms with Crippen LogP contribution < -0.4 is 16.4 Å². The Kier molecular flexibility index (Phi) is 4.16. The minimum Gasteiger partial charge on any atom is -0.366 e. The summed E-state index contributed by atoms with van der Waals surface area (Å²) in [6.07, 6.45) is 1.84. The molecule has 0 spiro atoms. The highest BCUT2D eigenvalue weighted by Crippen LogP contribution is 2.10. The first kappa shape index (κ1) is 13.5. The Morgan fingerprint density at radius 2 is 2.11 bits per heavy atom. The fourth-order valence-electron chi connectivity index (χ4n) is 2.35. The third-order valence-electron chi connectivity index (χ3n) is 3.37. The lowest BCUT2D eigenvalue weighted by molar-refractivity contribution is 0.0925. The van der Waals surface area contributed by atoms with E-state index in [1.807, 2.05) is 0 Å². The number of primary amides is 1. The summed E-state index contributed by atoms with van der Waals surface area (Å²) in [7, 11) is 0. The van der Waals surface area contributed by atoms with E-state index >= 15 is 0 Å². The summed E-state index contributed by atoms with van der Waals surface area (Å²) in [5.41, 5.74) is 6.03. The van der Waals surface area contributed by atoms with Crippen molar-refractivity contribution in [1.82, 2.24) is 10.6 Å². The van der Waals surface area contributed by atoms with E-state index in [0.29, 0.717) is 17.2 Å². The standard InChI is InChI=1S/C14H19N3O2/c1-9-7-12(5-6-16-9)17-14(19)11-4-2-3-10(8-11)13(15)18/h2-4,8-9,12,16H,5-7H2,1H3,(H2,15,18)(H,17,19). The van der Waals surface area contributed by atoms with E-state index in [4.69, 9.17) is 5.73 Å². The van der Waals surface area contributed by atoms with Crippen molar-refractivity contribution < 1.29 is 9.59 Å². The maximum Gasteiger partial charge on any atom is 0.251 e. The van der Waals surface area contributed by atoms with Crippen LogP contribution in [-0.4, -0.2) is 30.4 Å². The van der Waals surface area contributed by atoms with Crippen molar-refractivity contribution in [3.63, 3.8) is 0 Å². The third-order valence-corrected chi connectivity index (χ3v) is 3.37. The Hall–Kier alpha value is -1.88. The average molecular weight is 261 g/mol. The van der Waals surface area contributed by atoms with Gasteiger partial charge in [0.15, 0.2) is 0 Å². The second kappa shape index (κ2) is 5.84. The van der Waals surface area contributed by atoms with Gasteiger partial charge in [-0.3, -0.25) is 9.59 Å². The highest BCUT2D eigenvalue weighted by molar-refractivity contribution is 5.99. The van der Waals surface area contributed by atoms with Crippen LogP contribution in [0.3, 0.4) is 0 Å². The van der Waals surface area contributed by atoms with Gasteiger partial charge in [-0.2, -0.15) is 0 Å². The summed E-state index contributed by atoms with van der Waals surface area (Å²) in [4.78, 5) is 23.2. The lowest BCUT2D eigenvalue weighted by Gasteiger charge is -2.28. The molecule has 0 saturated carbocycles. The van der Waals surface area contributed by atoms with E-state index < -0.39 is 5.91 Å². The number of piperidine rings is 1. The summed E-state index contributed by atoms with van der Waals surface area (Å²) in [5.74, 6) is -0.674. The molecule has 2 amide bonds. The van der Waals surface area contributed by atoms with Crippen LogP contribution >= 0.6 is 0 Å².